The summed E-state index contributed by atoms with van der Waals surface area (Å²) in [4.78, 5) is 11.9. The van der Waals surface area contributed by atoms with Gasteiger partial charge < -0.3 is 4.74 Å². The zero-order valence-electron chi connectivity index (χ0n) is 16.8. The summed E-state index contributed by atoms with van der Waals surface area (Å²) in [6.07, 6.45) is 0. The van der Waals surface area contributed by atoms with Gasteiger partial charge in [0.1, 0.15) is 0 Å². The lowest BCUT2D eigenvalue weighted by Gasteiger charge is -2.22. The molecule has 0 saturated carbocycles. The Balaban J connectivity index is 2.07. The average molecular weight is 444 g/mol. The van der Waals surface area contributed by atoms with Gasteiger partial charge in [-0.25, -0.2) is 13.2 Å². The molecule has 0 saturated heterocycles. The second-order valence-electron chi connectivity index (χ2n) is 6.96. The fourth-order valence-corrected chi connectivity index (χ4v) is 4.69. The Morgan fingerprint density at radius 2 is 1.70 bits per heavy atom. The molecule has 0 amide bonds. The Labute approximate surface area is 181 Å². The molecule has 3 aromatic rings. The number of halogens is 1. The molecule has 0 aliphatic heterocycles. The molecular formula is C23H22ClNO4S. The smallest absolute Gasteiger partial charge is 0.339 e. The normalized spacial score (nSPS) is 12.4. The Morgan fingerprint density at radius 3 is 2.33 bits per heavy atom. The van der Waals surface area contributed by atoms with E-state index in [2.05, 4.69) is 4.72 Å². The molecule has 30 heavy (non-hydrogen) atoms. The maximum atomic E-state index is 13.2. The molecular weight excluding hydrogens is 422 g/mol. The van der Waals surface area contributed by atoms with Crippen LogP contribution in [-0.2, 0) is 14.8 Å². The Hall–Kier alpha value is -2.67. The van der Waals surface area contributed by atoms with E-state index in [1.54, 1.807) is 0 Å². The van der Waals surface area contributed by atoms with Crippen LogP contribution < -0.4 is 4.72 Å². The van der Waals surface area contributed by atoms with Gasteiger partial charge in [-0.15, -0.1) is 0 Å². The zero-order chi connectivity index (χ0) is 21.9. The molecule has 0 aromatic heterocycles. The van der Waals surface area contributed by atoms with Crippen LogP contribution in [0.15, 0.2) is 71.6 Å². The highest BCUT2D eigenvalue weighted by Crippen LogP contribution is 2.29. The van der Waals surface area contributed by atoms with Gasteiger partial charge in [0.2, 0.25) is 10.0 Å². The lowest BCUT2D eigenvalue weighted by molar-refractivity contribution is 0.0600. The van der Waals surface area contributed by atoms with Crippen molar-refractivity contribution in [1.82, 2.24) is 4.72 Å². The van der Waals surface area contributed by atoms with Crippen molar-refractivity contribution in [3.63, 3.8) is 0 Å². The summed E-state index contributed by atoms with van der Waals surface area (Å²) in [7, 11) is -2.77. The fourth-order valence-electron chi connectivity index (χ4n) is 3.27. The molecule has 0 unspecified atom stereocenters. The van der Waals surface area contributed by atoms with Gasteiger partial charge in [0, 0.05) is 0 Å². The second-order valence-corrected chi connectivity index (χ2v) is 9.08. The van der Waals surface area contributed by atoms with E-state index in [9.17, 15) is 13.2 Å². The number of carbonyl (C=O) groups is 1. The topological polar surface area (TPSA) is 72.5 Å². The molecule has 0 heterocycles. The van der Waals surface area contributed by atoms with Crippen LogP contribution in [0.4, 0.5) is 0 Å². The molecule has 1 N–H and O–H groups in total. The molecule has 7 heteroatoms. The summed E-state index contributed by atoms with van der Waals surface area (Å²) >= 11 is 6.04. The van der Waals surface area contributed by atoms with Crippen LogP contribution in [0.25, 0.3) is 0 Å². The van der Waals surface area contributed by atoms with Crippen molar-refractivity contribution >= 4 is 27.6 Å². The van der Waals surface area contributed by atoms with Crippen LogP contribution in [0.5, 0.6) is 0 Å². The maximum absolute atomic E-state index is 13.2. The van der Waals surface area contributed by atoms with Gasteiger partial charge in [-0.2, -0.15) is 4.72 Å². The van der Waals surface area contributed by atoms with E-state index in [4.69, 9.17) is 16.3 Å². The minimum atomic E-state index is -3.98. The number of esters is 1. The average Bonchev–Trinajstić information content (AvgIpc) is 2.72. The number of aryl methyl sites for hydroxylation is 2. The van der Waals surface area contributed by atoms with Gasteiger partial charge >= 0.3 is 5.97 Å². The van der Waals surface area contributed by atoms with Gasteiger partial charge in [0.25, 0.3) is 0 Å². The molecule has 3 rings (SSSR count). The zero-order valence-corrected chi connectivity index (χ0v) is 18.4. The Bertz CT molecular complexity index is 1180. The number of rotatable bonds is 6. The third-order valence-corrected chi connectivity index (χ3v) is 6.55. The van der Waals surface area contributed by atoms with Gasteiger partial charge in [-0.3, -0.25) is 0 Å². The number of nitrogens with one attached hydrogen (secondary N) is 1. The number of hydrogen-bond donors (Lipinski definition) is 1. The van der Waals surface area contributed by atoms with Crippen LogP contribution in [-0.4, -0.2) is 21.5 Å². The van der Waals surface area contributed by atoms with Crippen LogP contribution in [0.1, 0.15) is 38.7 Å². The van der Waals surface area contributed by atoms with E-state index in [0.717, 1.165) is 22.3 Å². The predicted octanol–water partition coefficient (Wildman–Crippen LogP) is 4.81. The minimum absolute atomic E-state index is 0.00943. The van der Waals surface area contributed by atoms with Crippen LogP contribution in [0.2, 0.25) is 5.02 Å². The molecule has 156 valence electrons. The summed E-state index contributed by atoms with van der Waals surface area (Å²) in [5.74, 6) is -0.703. The Kier molecular flexibility index (Phi) is 6.61. The summed E-state index contributed by atoms with van der Waals surface area (Å²) in [5.41, 5.74) is 3.70. The van der Waals surface area contributed by atoms with Gasteiger partial charge in [-0.05, 0) is 48.7 Å². The largest absolute Gasteiger partial charge is 0.465 e. The van der Waals surface area contributed by atoms with Crippen molar-refractivity contribution in [3.05, 3.63) is 99.6 Å². The van der Waals surface area contributed by atoms with Crippen molar-refractivity contribution < 1.29 is 17.9 Å². The molecule has 3 aromatic carbocycles. The molecule has 0 fully saturated rings. The maximum Gasteiger partial charge on any atom is 0.339 e. The summed E-state index contributed by atoms with van der Waals surface area (Å²) in [5, 5.41) is 0.120. The lowest BCUT2D eigenvalue weighted by Crippen LogP contribution is -2.30. The van der Waals surface area contributed by atoms with Crippen LogP contribution >= 0.6 is 11.6 Å². The van der Waals surface area contributed by atoms with E-state index in [0.29, 0.717) is 0 Å². The van der Waals surface area contributed by atoms with E-state index >= 15 is 0 Å². The second kappa shape index (κ2) is 9.00. The van der Waals surface area contributed by atoms with Crippen LogP contribution in [0, 0.1) is 13.8 Å². The molecule has 0 aliphatic carbocycles. The first kappa shape index (κ1) is 22.0. The molecule has 0 bridgehead atoms. The van der Waals surface area contributed by atoms with Gasteiger partial charge in [-0.1, -0.05) is 65.7 Å². The van der Waals surface area contributed by atoms with Crippen molar-refractivity contribution in [1.29, 1.82) is 0 Å². The van der Waals surface area contributed by atoms with Crippen molar-refractivity contribution in [2.24, 2.45) is 0 Å². The Morgan fingerprint density at radius 1 is 1.00 bits per heavy atom. The van der Waals surface area contributed by atoms with Crippen LogP contribution in [0.3, 0.4) is 0 Å². The third-order valence-electron chi connectivity index (χ3n) is 4.80. The van der Waals surface area contributed by atoms with Crippen molar-refractivity contribution in [3.8, 4) is 0 Å². The first-order chi connectivity index (χ1) is 14.2. The van der Waals surface area contributed by atoms with Gasteiger partial charge in [0.05, 0.1) is 28.6 Å². The number of sulfonamides is 1. The highest BCUT2D eigenvalue weighted by atomic mass is 35.5. The number of ether oxygens (including phenoxy) is 1. The molecule has 1 atom stereocenters. The van der Waals surface area contributed by atoms with E-state index in [1.807, 2.05) is 62.4 Å². The summed E-state index contributed by atoms with van der Waals surface area (Å²) < 4.78 is 33.9. The monoisotopic (exact) mass is 443 g/mol. The first-order valence-electron chi connectivity index (χ1n) is 9.25. The fraction of sp³-hybridized carbons (Fsp3) is 0.174. The summed E-state index contributed by atoms with van der Waals surface area (Å²) in [6, 6.07) is 18.6. The molecule has 0 aliphatic rings. The first-order valence-corrected chi connectivity index (χ1v) is 11.1. The van der Waals surface area contributed by atoms with E-state index in [1.165, 1.54) is 25.3 Å². The number of benzene rings is 3. The molecule has 0 radical (unpaired) electrons. The number of hydrogen-bond acceptors (Lipinski definition) is 4. The third kappa shape index (κ3) is 4.73. The van der Waals surface area contributed by atoms with Crippen molar-refractivity contribution in [2.45, 2.75) is 24.8 Å². The standard InChI is InChI=1S/C23H22ClNO4S/c1-15-9-11-19(16(2)13-15)22(17-7-5-4-6-8-17)25-30(27,28)18-10-12-21(24)20(14-18)23(26)29-3/h4-14,22,25H,1-3H3/t22-/m1/s1. The van der Waals surface area contributed by atoms with E-state index < -0.39 is 22.0 Å². The number of carbonyl (C=O) groups excluding carboxylic acids is 1. The molecule has 5 nitrogen and oxygen atoms in total. The van der Waals surface area contributed by atoms with Crippen molar-refractivity contribution in [2.75, 3.05) is 7.11 Å². The number of methoxy groups -OCH3 is 1. The highest BCUT2D eigenvalue weighted by molar-refractivity contribution is 7.89. The van der Waals surface area contributed by atoms with E-state index in [-0.39, 0.29) is 15.5 Å². The predicted molar refractivity (Wildman–Crippen MR) is 117 cm³/mol. The lowest BCUT2D eigenvalue weighted by atomic mass is 9.95. The summed E-state index contributed by atoms with van der Waals surface area (Å²) in [6.45, 7) is 3.94. The van der Waals surface area contributed by atoms with Gasteiger partial charge in [0.15, 0.2) is 0 Å². The molecule has 0 spiro atoms. The minimum Gasteiger partial charge on any atom is -0.465 e. The highest BCUT2D eigenvalue weighted by Gasteiger charge is 2.25. The SMILES string of the molecule is COC(=O)c1cc(S(=O)(=O)N[C@H](c2ccccc2)c2ccc(C)cc2C)ccc1Cl. The quantitative estimate of drug-likeness (QED) is 0.555.